The van der Waals surface area contributed by atoms with E-state index < -0.39 is 5.53 Å². The van der Waals surface area contributed by atoms with Crippen molar-refractivity contribution in [3.63, 3.8) is 0 Å². The minimum atomic E-state index is -0.526. The van der Waals surface area contributed by atoms with Crippen LogP contribution in [0.15, 0.2) is 0 Å². The Morgan fingerprint density at radius 2 is 1.46 bits per heavy atom. The minimum Gasteiger partial charge on any atom is -0.342 e. The van der Waals surface area contributed by atoms with Crippen LogP contribution < -0.4 is 5.32 Å². The van der Waals surface area contributed by atoms with Crippen LogP contribution >= 0.6 is 0 Å². The van der Waals surface area contributed by atoms with Gasteiger partial charge in [0.1, 0.15) is 0 Å². The van der Waals surface area contributed by atoms with Crippen LogP contribution in [0.3, 0.4) is 0 Å². The lowest BCUT2D eigenvalue weighted by Gasteiger charge is -2.37. The summed E-state index contributed by atoms with van der Waals surface area (Å²) in [4.78, 5) is 0. The molecule has 1 N–H and O–H groups in total. The van der Waals surface area contributed by atoms with Gasteiger partial charge in [-0.2, -0.15) is 0 Å². The fraction of sp³-hybridized carbons (Fsp3) is 1.00. The molecule has 0 bridgehead atoms. The van der Waals surface area contributed by atoms with Crippen LogP contribution in [-0.2, 0) is 9.47 Å². The Labute approximate surface area is 84.6 Å². The molecule has 0 atom stereocenters. The molecular formula is C9H23NO2Si. The molecule has 0 aliphatic heterocycles. The van der Waals surface area contributed by atoms with E-state index in [1.54, 1.807) is 0 Å². The molecule has 0 radical (unpaired) electrons. The maximum Gasteiger partial charge on any atom is 0.194 e. The van der Waals surface area contributed by atoms with Gasteiger partial charge in [-0.25, -0.2) is 0 Å². The van der Waals surface area contributed by atoms with Crippen LogP contribution in [0.4, 0.5) is 0 Å². The molecule has 0 rings (SSSR count). The van der Waals surface area contributed by atoms with E-state index in [1.165, 1.54) is 0 Å². The molecule has 0 saturated carbocycles. The van der Waals surface area contributed by atoms with Gasteiger partial charge in [-0.15, -0.1) is 0 Å². The fourth-order valence-electron chi connectivity index (χ4n) is 1.35. The van der Waals surface area contributed by atoms with E-state index in [0.29, 0.717) is 13.2 Å². The van der Waals surface area contributed by atoms with Crippen molar-refractivity contribution in [3.05, 3.63) is 0 Å². The molecule has 0 amide bonds. The highest BCUT2D eigenvalue weighted by Crippen LogP contribution is 2.11. The van der Waals surface area contributed by atoms with Crippen molar-refractivity contribution in [3.8, 4) is 0 Å². The van der Waals surface area contributed by atoms with Crippen LogP contribution in [0.2, 0.25) is 0 Å². The first-order valence-corrected chi connectivity index (χ1v) is 5.90. The summed E-state index contributed by atoms with van der Waals surface area (Å²) >= 11 is 0. The highest BCUT2D eigenvalue weighted by atomic mass is 28.1. The maximum absolute atomic E-state index is 5.57. The average molecular weight is 205 g/mol. The van der Waals surface area contributed by atoms with Crippen LogP contribution in [-0.4, -0.2) is 34.5 Å². The van der Waals surface area contributed by atoms with Crippen LogP contribution in [0, 0.1) is 0 Å². The number of hydrogen-bond acceptors (Lipinski definition) is 3. The first kappa shape index (κ1) is 13.1. The third-order valence-corrected chi connectivity index (χ3v) is 2.27. The molecule has 80 valence electrons. The molecule has 0 spiro atoms. The van der Waals surface area contributed by atoms with Crippen molar-refractivity contribution >= 4 is 10.2 Å². The van der Waals surface area contributed by atoms with Gasteiger partial charge in [0, 0.05) is 18.8 Å². The summed E-state index contributed by atoms with van der Waals surface area (Å²) < 4.78 is 11.1. The normalized spacial score (nSPS) is 13.6. The zero-order valence-electron chi connectivity index (χ0n) is 9.73. The third-order valence-electron chi connectivity index (χ3n) is 1.44. The lowest BCUT2D eigenvalue weighted by molar-refractivity contribution is -0.201. The quantitative estimate of drug-likeness (QED) is 0.521. The van der Waals surface area contributed by atoms with Gasteiger partial charge in [-0.05, 0) is 34.6 Å². The van der Waals surface area contributed by atoms with E-state index in [9.17, 15) is 0 Å². The molecule has 0 aromatic rings. The molecule has 0 aliphatic rings. The first-order chi connectivity index (χ1) is 5.83. The summed E-state index contributed by atoms with van der Waals surface area (Å²) in [5, 5.41) is 3.35. The summed E-state index contributed by atoms with van der Waals surface area (Å²) in [6.07, 6.45) is 0. The zero-order valence-corrected chi connectivity index (χ0v) is 11.7. The van der Waals surface area contributed by atoms with E-state index in [2.05, 4.69) is 26.1 Å². The van der Waals surface area contributed by atoms with Gasteiger partial charge in [-0.3, -0.25) is 5.32 Å². The Bertz CT molecular complexity index is 139. The maximum atomic E-state index is 5.57. The Morgan fingerprint density at radius 1 is 1.08 bits per heavy atom. The van der Waals surface area contributed by atoms with E-state index >= 15 is 0 Å². The van der Waals surface area contributed by atoms with Crippen LogP contribution in [0.25, 0.3) is 0 Å². The monoisotopic (exact) mass is 205 g/mol. The van der Waals surface area contributed by atoms with E-state index in [4.69, 9.17) is 9.47 Å². The second kappa shape index (κ2) is 5.10. The Balaban J connectivity index is 4.22. The average Bonchev–Trinajstić information content (AvgIpc) is 1.82. The van der Waals surface area contributed by atoms with Gasteiger partial charge in [0.15, 0.2) is 5.53 Å². The molecule has 0 saturated heterocycles. The topological polar surface area (TPSA) is 30.5 Å². The van der Waals surface area contributed by atoms with Crippen molar-refractivity contribution in [2.75, 3.05) is 13.2 Å². The molecule has 3 nitrogen and oxygen atoms in total. The smallest absolute Gasteiger partial charge is 0.194 e. The lowest BCUT2D eigenvalue weighted by Crippen LogP contribution is -2.58. The predicted molar refractivity (Wildman–Crippen MR) is 58.8 cm³/mol. The molecule has 0 aromatic heterocycles. The van der Waals surface area contributed by atoms with E-state index in [1.807, 2.05) is 13.8 Å². The summed E-state index contributed by atoms with van der Waals surface area (Å²) in [5.41, 5.74) is -0.506. The number of nitrogens with one attached hydrogen (secondary N) is 1. The second-order valence-electron chi connectivity index (χ2n) is 4.19. The zero-order chi connectivity index (χ0) is 10.5. The number of ether oxygens (including phenoxy) is 2. The summed E-state index contributed by atoms with van der Waals surface area (Å²) in [7, 11) is 0.813. The van der Waals surface area contributed by atoms with E-state index in [-0.39, 0.29) is 5.54 Å². The molecule has 0 heterocycles. The Morgan fingerprint density at radius 3 is 1.69 bits per heavy atom. The molecule has 4 heteroatoms. The van der Waals surface area contributed by atoms with E-state index in [0.717, 1.165) is 10.2 Å². The van der Waals surface area contributed by atoms with Gasteiger partial charge >= 0.3 is 0 Å². The molecule has 0 aliphatic carbocycles. The lowest BCUT2D eigenvalue weighted by atomic mass is 10.1. The van der Waals surface area contributed by atoms with Crippen LogP contribution in [0.5, 0.6) is 0 Å². The predicted octanol–water partition coefficient (Wildman–Crippen LogP) is 0.424. The number of rotatable bonds is 5. The van der Waals surface area contributed by atoms with Crippen molar-refractivity contribution in [2.45, 2.75) is 45.7 Å². The standard InChI is InChI=1S/C9H23NO2Si/c1-6-11-9(13,12-7-2)10-8(3,4)5/h10H,6-7H2,1-5,13H3. The van der Waals surface area contributed by atoms with Crippen LogP contribution in [0.1, 0.15) is 34.6 Å². The molecule has 0 unspecified atom stereocenters. The molecule has 0 aromatic carbocycles. The fourth-order valence-corrected chi connectivity index (χ4v) is 2.67. The van der Waals surface area contributed by atoms with Gasteiger partial charge in [0.25, 0.3) is 0 Å². The summed E-state index contributed by atoms with van der Waals surface area (Å²) in [6.45, 7) is 11.6. The first-order valence-electron chi connectivity index (χ1n) is 4.90. The SMILES string of the molecule is CCOC([SiH3])(NC(C)(C)C)OCC. The van der Waals surface area contributed by atoms with Crippen molar-refractivity contribution in [2.24, 2.45) is 0 Å². The third kappa shape index (κ3) is 6.21. The Kier molecular flexibility index (Phi) is 5.13. The highest BCUT2D eigenvalue weighted by Gasteiger charge is 2.29. The Hall–Kier alpha value is 0.0969. The van der Waals surface area contributed by atoms with Crippen molar-refractivity contribution < 1.29 is 9.47 Å². The van der Waals surface area contributed by atoms with Gasteiger partial charge in [-0.1, -0.05) is 0 Å². The summed E-state index contributed by atoms with van der Waals surface area (Å²) in [6, 6.07) is 0. The van der Waals surface area contributed by atoms with Gasteiger partial charge < -0.3 is 9.47 Å². The largest absolute Gasteiger partial charge is 0.342 e. The van der Waals surface area contributed by atoms with Gasteiger partial charge in [0.2, 0.25) is 0 Å². The number of hydrogen-bond donors (Lipinski definition) is 1. The van der Waals surface area contributed by atoms with Crippen molar-refractivity contribution in [1.29, 1.82) is 0 Å². The minimum absolute atomic E-state index is 0.0199. The highest BCUT2D eigenvalue weighted by molar-refractivity contribution is 6.13. The van der Waals surface area contributed by atoms with Crippen molar-refractivity contribution in [1.82, 2.24) is 5.32 Å². The van der Waals surface area contributed by atoms with Gasteiger partial charge in [0.05, 0.1) is 10.2 Å². The molecule has 13 heavy (non-hydrogen) atoms. The second-order valence-corrected chi connectivity index (χ2v) is 5.50. The molecular weight excluding hydrogens is 182 g/mol. The molecule has 0 fully saturated rings. The summed E-state index contributed by atoms with van der Waals surface area (Å²) in [5.74, 6) is 0.